The molecule has 1 aromatic heterocycles. The molecule has 0 saturated heterocycles. The van der Waals surface area contributed by atoms with Crippen LogP contribution in [0.15, 0.2) is 29.1 Å². The van der Waals surface area contributed by atoms with Gasteiger partial charge in [0, 0.05) is 19.6 Å². The molecule has 0 unspecified atom stereocenters. The van der Waals surface area contributed by atoms with Crippen LogP contribution in [-0.2, 0) is 17.9 Å². The van der Waals surface area contributed by atoms with Crippen LogP contribution in [0.5, 0.6) is 0 Å². The lowest BCUT2D eigenvalue weighted by atomic mass is 9.94. The van der Waals surface area contributed by atoms with E-state index in [-0.39, 0.29) is 18.1 Å². The fourth-order valence-electron chi connectivity index (χ4n) is 3.65. The second-order valence-corrected chi connectivity index (χ2v) is 6.40. The highest BCUT2D eigenvalue weighted by molar-refractivity contribution is 5.81. The van der Waals surface area contributed by atoms with Crippen LogP contribution in [0.3, 0.4) is 0 Å². The third kappa shape index (κ3) is 2.92. The zero-order chi connectivity index (χ0) is 16.4. The second kappa shape index (κ2) is 6.60. The van der Waals surface area contributed by atoms with Gasteiger partial charge >= 0.3 is 5.69 Å². The van der Waals surface area contributed by atoms with Crippen LogP contribution in [0.1, 0.15) is 39.0 Å². The van der Waals surface area contributed by atoms with Gasteiger partial charge in [0.05, 0.1) is 11.0 Å². The smallest absolute Gasteiger partial charge is 0.329 e. The minimum absolute atomic E-state index is 0.0259. The normalized spacial score (nSPS) is 15.9. The zero-order valence-electron chi connectivity index (χ0n) is 14.0. The summed E-state index contributed by atoms with van der Waals surface area (Å²) in [6, 6.07) is 8.01. The number of nitrogens with zero attached hydrogens (tertiary/aromatic N) is 3. The highest BCUT2D eigenvalue weighted by atomic mass is 16.2. The van der Waals surface area contributed by atoms with Crippen molar-refractivity contribution in [3.63, 3.8) is 0 Å². The third-order valence-corrected chi connectivity index (χ3v) is 5.05. The Morgan fingerprint density at radius 3 is 2.35 bits per heavy atom. The van der Waals surface area contributed by atoms with Gasteiger partial charge in [0.2, 0.25) is 5.91 Å². The number of aryl methyl sites for hydroxylation is 1. The summed E-state index contributed by atoms with van der Waals surface area (Å²) >= 11 is 0. The van der Waals surface area contributed by atoms with Crippen molar-refractivity contribution in [3.8, 4) is 0 Å². The average molecular weight is 315 g/mol. The number of fused-ring (bicyclic) bond motifs is 1. The Kier molecular flexibility index (Phi) is 4.55. The number of aromatic nitrogens is 2. The summed E-state index contributed by atoms with van der Waals surface area (Å²) in [6.07, 6.45) is 5.80. The summed E-state index contributed by atoms with van der Waals surface area (Å²) < 4.78 is 3.34. The zero-order valence-corrected chi connectivity index (χ0v) is 14.0. The van der Waals surface area contributed by atoms with Crippen LogP contribution in [0.25, 0.3) is 11.0 Å². The van der Waals surface area contributed by atoms with Crippen LogP contribution in [0.2, 0.25) is 0 Å². The molecule has 1 amide bonds. The first-order valence-corrected chi connectivity index (χ1v) is 8.57. The van der Waals surface area contributed by atoms with Crippen molar-refractivity contribution in [1.82, 2.24) is 14.0 Å². The monoisotopic (exact) mass is 315 g/mol. The SMILES string of the molecule is CCn1c(=O)n(CC(=O)N(C)C2CCCCC2)c2ccccc21. The Balaban J connectivity index is 1.87. The lowest BCUT2D eigenvalue weighted by Crippen LogP contribution is -2.41. The summed E-state index contributed by atoms with van der Waals surface area (Å²) in [5, 5.41) is 0. The number of rotatable bonds is 4. The minimum atomic E-state index is -0.0981. The molecule has 1 aliphatic rings. The van der Waals surface area contributed by atoms with E-state index in [1.54, 1.807) is 9.13 Å². The van der Waals surface area contributed by atoms with Crippen molar-refractivity contribution in [2.75, 3.05) is 7.05 Å². The predicted molar refractivity (Wildman–Crippen MR) is 91.5 cm³/mol. The summed E-state index contributed by atoms with van der Waals surface area (Å²) in [4.78, 5) is 27.1. The summed E-state index contributed by atoms with van der Waals surface area (Å²) in [5.41, 5.74) is 1.64. The number of hydrogen-bond donors (Lipinski definition) is 0. The van der Waals surface area contributed by atoms with Crippen LogP contribution >= 0.6 is 0 Å². The van der Waals surface area contributed by atoms with E-state index in [1.807, 2.05) is 43.1 Å². The van der Waals surface area contributed by atoms with Gasteiger partial charge < -0.3 is 4.90 Å². The van der Waals surface area contributed by atoms with Crippen molar-refractivity contribution in [3.05, 3.63) is 34.7 Å². The van der Waals surface area contributed by atoms with Gasteiger partial charge in [-0.2, -0.15) is 0 Å². The Labute approximate surface area is 136 Å². The van der Waals surface area contributed by atoms with Crippen LogP contribution in [0, 0.1) is 0 Å². The van der Waals surface area contributed by atoms with Crippen LogP contribution < -0.4 is 5.69 Å². The van der Waals surface area contributed by atoms with E-state index >= 15 is 0 Å². The van der Waals surface area contributed by atoms with Crippen LogP contribution in [0.4, 0.5) is 0 Å². The van der Waals surface area contributed by atoms with Crippen molar-refractivity contribution >= 4 is 16.9 Å². The molecule has 0 N–H and O–H groups in total. The van der Waals surface area contributed by atoms with Crippen molar-refractivity contribution in [1.29, 1.82) is 0 Å². The van der Waals surface area contributed by atoms with E-state index in [9.17, 15) is 9.59 Å². The van der Waals surface area contributed by atoms with Crippen LogP contribution in [-0.4, -0.2) is 33.0 Å². The highest BCUT2D eigenvalue weighted by Gasteiger charge is 2.23. The number of imidazole rings is 1. The molecule has 23 heavy (non-hydrogen) atoms. The Morgan fingerprint density at radius 1 is 1.13 bits per heavy atom. The van der Waals surface area contributed by atoms with Crippen molar-refractivity contribution < 1.29 is 4.79 Å². The maximum atomic E-state index is 12.7. The second-order valence-electron chi connectivity index (χ2n) is 6.40. The number of amides is 1. The first kappa shape index (κ1) is 15.8. The van der Waals surface area contributed by atoms with Gasteiger partial charge in [-0.25, -0.2) is 4.79 Å². The van der Waals surface area contributed by atoms with E-state index in [4.69, 9.17) is 0 Å². The molecule has 3 rings (SSSR count). The summed E-state index contributed by atoms with van der Waals surface area (Å²) in [5.74, 6) is 0.0259. The van der Waals surface area contributed by atoms with Gasteiger partial charge in [-0.3, -0.25) is 13.9 Å². The molecular weight excluding hydrogens is 290 g/mol. The maximum absolute atomic E-state index is 12.7. The first-order chi connectivity index (χ1) is 11.1. The van der Waals surface area contributed by atoms with Gasteiger partial charge in [0.1, 0.15) is 6.54 Å². The quantitative estimate of drug-likeness (QED) is 0.871. The molecule has 0 atom stereocenters. The number of benzene rings is 1. The molecule has 1 saturated carbocycles. The average Bonchev–Trinajstić information content (AvgIpc) is 2.86. The molecule has 0 bridgehead atoms. The van der Waals surface area contributed by atoms with E-state index in [1.165, 1.54) is 19.3 Å². The number of hydrogen-bond acceptors (Lipinski definition) is 2. The Bertz CT molecular complexity index is 753. The Morgan fingerprint density at radius 2 is 1.74 bits per heavy atom. The van der Waals surface area contributed by atoms with Gasteiger partial charge in [-0.15, -0.1) is 0 Å². The molecule has 0 spiro atoms. The topological polar surface area (TPSA) is 47.2 Å². The summed E-state index contributed by atoms with van der Waals surface area (Å²) in [6.45, 7) is 2.69. The molecule has 0 aliphatic heterocycles. The lowest BCUT2D eigenvalue weighted by Gasteiger charge is -2.31. The van der Waals surface area contributed by atoms with Gasteiger partial charge in [-0.1, -0.05) is 31.4 Å². The molecule has 124 valence electrons. The number of likely N-dealkylation sites (N-methyl/N-ethyl adjacent to an activating group) is 1. The minimum Gasteiger partial charge on any atom is -0.341 e. The summed E-state index contributed by atoms with van der Waals surface area (Å²) in [7, 11) is 1.88. The van der Waals surface area contributed by atoms with Gasteiger partial charge in [0.15, 0.2) is 0 Å². The third-order valence-electron chi connectivity index (χ3n) is 5.05. The number of carbonyl (C=O) groups is 1. The first-order valence-electron chi connectivity index (χ1n) is 8.57. The van der Waals surface area contributed by atoms with Crippen molar-refractivity contribution in [2.45, 2.75) is 58.2 Å². The highest BCUT2D eigenvalue weighted by Crippen LogP contribution is 2.22. The van der Waals surface area contributed by atoms with E-state index in [0.717, 1.165) is 23.9 Å². The van der Waals surface area contributed by atoms with Crippen molar-refractivity contribution in [2.24, 2.45) is 0 Å². The molecule has 5 heteroatoms. The molecule has 0 radical (unpaired) electrons. The molecule has 1 heterocycles. The fourth-order valence-corrected chi connectivity index (χ4v) is 3.65. The lowest BCUT2D eigenvalue weighted by molar-refractivity contribution is -0.133. The standard InChI is InChI=1S/C18H25N3O2/c1-3-20-15-11-7-8-12-16(15)21(18(20)23)13-17(22)19(2)14-9-5-4-6-10-14/h7-8,11-12,14H,3-6,9-10,13H2,1-2H3. The van der Waals surface area contributed by atoms with E-state index in [2.05, 4.69) is 0 Å². The molecule has 1 aromatic carbocycles. The van der Waals surface area contributed by atoms with E-state index in [0.29, 0.717) is 12.6 Å². The maximum Gasteiger partial charge on any atom is 0.329 e. The largest absolute Gasteiger partial charge is 0.341 e. The molecular formula is C18H25N3O2. The molecule has 1 aliphatic carbocycles. The molecule has 2 aromatic rings. The van der Waals surface area contributed by atoms with E-state index < -0.39 is 0 Å². The van der Waals surface area contributed by atoms with Gasteiger partial charge in [-0.05, 0) is 31.9 Å². The predicted octanol–water partition coefficient (Wildman–Crippen LogP) is 2.61. The number of para-hydroxylation sites is 2. The van der Waals surface area contributed by atoms with Gasteiger partial charge in [0.25, 0.3) is 0 Å². The fraction of sp³-hybridized carbons (Fsp3) is 0.556. The molecule has 5 nitrogen and oxygen atoms in total. The Hall–Kier alpha value is -2.04. The number of carbonyl (C=O) groups excluding carboxylic acids is 1. The molecule has 1 fully saturated rings.